The number of nitrogens with zero attached hydrogens (tertiary/aromatic N) is 2. The molecule has 1 N–H and O–H groups in total. The number of nitrogens with one attached hydrogen (secondary N) is 1. The van der Waals surface area contributed by atoms with Gasteiger partial charge < -0.3 is 10.2 Å². The molecule has 2 atom stereocenters. The smallest absolute Gasteiger partial charge is 0.264 e. The Bertz CT molecular complexity index is 1650. The van der Waals surface area contributed by atoms with Crippen LogP contribution in [0.4, 0.5) is 5.69 Å². The van der Waals surface area contributed by atoms with Crippen molar-refractivity contribution >= 4 is 39.1 Å². The van der Waals surface area contributed by atoms with Crippen molar-refractivity contribution in [1.29, 1.82) is 0 Å². The molecule has 0 aliphatic carbocycles. The van der Waals surface area contributed by atoms with Crippen LogP contribution in [0, 0.1) is 6.92 Å². The Kier molecular flexibility index (Phi) is 11.2. The molecule has 230 valence electrons. The van der Waals surface area contributed by atoms with E-state index in [-0.39, 0.29) is 29.8 Å². The summed E-state index contributed by atoms with van der Waals surface area (Å²) in [6.45, 7) is 5.36. The minimum absolute atomic E-state index is 0.00108. The van der Waals surface area contributed by atoms with Crippen LogP contribution in [0.2, 0.25) is 5.02 Å². The van der Waals surface area contributed by atoms with Crippen LogP contribution in [0.15, 0.2) is 114 Å². The van der Waals surface area contributed by atoms with Gasteiger partial charge in [-0.15, -0.1) is 0 Å². The number of hydrogen-bond donors (Lipinski definition) is 1. The highest BCUT2D eigenvalue weighted by Gasteiger charge is 2.35. The number of rotatable bonds is 13. The van der Waals surface area contributed by atoms with E-state index >= 15 is 0 Å². The lowest BCUT2D eigenvalue weighted by molar-refractivity contribution is -0.140. The van der Waals surface area contributed by atoms with E-state index in [2.05, 4.69) is 5.32 Å². The summed E-state index contributed by atoms with van der Waals surface area (Å²) in [5.74, 6) is -0.803. The molecule has 7 nitrogen and oxygen atoms in total. The maximum Gasteiger partial charge on any atom is 0.264 e. The standard InChI is InChI=1S/C35H38ClN3O4S/c1-4-27(3)37-35(41)33(23-28-13-7-5-8-14-28)38(24-29-15-9-6-10-16-29)34(40)25-39(31-17-11-12-26(2)22-31)44(42,43)32-20-18-30(36)19-21-32/h5-22,27,33H,4,23-25H2,1-3H3,(H,37,41)/t27-,33+/m1/s1. The zero-order valence-electron chi connectivity index (χ0n) is 25.2. The predicted octanol–water partition coefficient (Wildman–Crippen LogP) is 6.40. The van der Waals surface area contributed by atoms with E-state index in [9.17, 15) is 18.0 Å². The lowest BCUT2D eigenvalue weighted by Crippen LogP contribution is -2.54. The van der Waals surface area contributed by atoms with Crippen molar-refractivity contribution in [2.24, 2.45) is 0 Å². The zero-order valence-corrected chi connectivity index (χ0v) is 26.8. The first-order valence-corrected chi connectivity index (χ1v) is 16.4. The number of aryl methyl sites for hydroxylation is 1. The number of sulfonamides is 1. The fraction of sp³-hybridized carbons (Fsp3) is 0.257. The Morgan fingerprint density at radius 3 is 2.05 bits per heavy atom. The molecule has 0 saturated heterocycles. The molecule has 0 bridgehead atoms. The highest BCUT2D eigenvalue weighted by Crippen LogP contribution is 2.26. The molecular weight excluding hydrogens is 594 g/mol. The molecule has 0 unspecified atom stereocenters. The van der Waals surface area contributed by atoms with Crippen LogP contribution in [0.1, 0.15) is 37.0 Å². The minimum Gasteiger partial charge on any atom is -0.352 e. The highest BCUT2D eigenvalue weighted by molar-refractivity contribution is 7.92. The van der Waals surface area contributed by atoms with Crippen molar-refractivity contribution in [3.63, 3.8) is 0 Å². The van der Waals surface area contributed by atoms with Crippen molar-refractivity contribution in [3.8, 4) is 0 Å². The number of carbonyl (C=O) groups excluding carboxylic acids is 2. The summed E-state index contributed by atoms with van der Waals surface area (Å²) < 4.78 is 29.3. The monoisotopic (exact) mass is 631 g/mol. The van der Waals surface area contributed by atoms with Gasteiger partial charge in [0.25, 0.3) is 10.0 Å². The predicted molar refractivity (Wildman–Crippen MR) is 176 cm³/mol. The fourth-order valence-corrected chi connectivity index (χ4v) is 6.35. The maximum absolute atomic E-state index is 14.5. The largest absolute Gasteiger partial charge is 0.352 e. The molecule has 0 aromatic heterocycles. The van der Waals surface area contributed by atoms with E-state index in [1.54, 1.807) is 18.2 Å². The van der Waals surface area contributed by atoms with Crippen molar-refractivity contribution in [1.82, 2.24) is 10.2 Å². The molecule has 44 heavy (non-hydrogen) atoms. The molecule has 4 aromatic carbocycles. The van der Waals surface area contributed by atoms with Crippen molar-refractivity contribution in [2.75, 3.05) is 10.8 Å². The molecule has 0 heterocycles. The number of halogens is 1. The molecule has 4 aromatic rings. The van der Waals surface area contributed by atoms with Gasteiger partial charge in [-0.05, 0) is 73.4 Å². The Labute approximate surface area is 265 Å². The van der Waals surface area contributed by atoms with Gasteiger partial charge in [0, 0.05) is 24.0 Å². The lowest BCUT2D eigenvalue weighted by Gasteiger charge is -2.34. The first-order chi connectivity index (χ1) is 21.1. The third-order valence-electron chi connectivity index (χ3n) is 7.44. The average Bonchev–Trinajstić information content (AvgIpc) is 3.02. The molecule has 0 aliphatic heterocycles. The average molecular weight is 632 g/mol. The summed E-state index contributed by atoms with van der Waals surface area (Å²) in [5.41, 5.74) is 2.88. The van der Waals surface area contributed by atoms with Crippen LogP contribution in [0.5, 0.6) is 0 Å². The van der Waals surface area contributed by atoms with Gasteiger partial charge in [-0.1, -0.05) is 91.3 Å². The second-order valence-electron chi connectivity index (χ2n) is 10.8. The van der Waals surface area contributed by atoms with Crippen molar-refractivity contribution in [2.45, 2.75) is 57.1 Å². The van der Waals surface area contributed by atoms with Gasteiger partial charge in [0.05, 0.1) is 10.6 Å². The third-order valence-corrected chi connectivity index (χ3v) is 9.48. The topological polar surface area (TPSA) is 86.8 Å². The van der Waals surface area contributed by atoms with Crippen LogP contribution in [0.25, 0.3) is 0 Å². The molecule has 0 fully saturated rings. The van der Waals surface area contributed by atoms with E-state index < -0.39 is 28.5 Å². The normalized spacial score (nSPS) is 12.6. The summed E-state index contributed by atoms with van der Waals surface area (Å²) in [6.07, 6.45) is 0.979. The third kappa shape index (κ3) is 8.49. The molecular formula is C35H38ClN3O4S. The van der Waals surface area contributed by atoms with Crippen LogP contribution < -0.4 is 9.62 Å². The summed E-state index contributed by atoms with van der Waals surface area (Å²) in [5, 5.41) is 3.44. The summed E-state index contributed by atoms with van der Waals surface area (Å²) in [6, 6.07) is 30.7. The Hall–Kier alpha value is -4.14. The summed E-state index contributed by atoms with van der Waals surface area (Å²) in [4.78, 5) is 29.8. The van der Waals surface area contributed by atoms with Gasteiger partial charge in [-0.25, -0.2) is 8.42 Å². The van der Waals surface area contributed by atoms with E-state index in [4.69, 9.17) is 11.6 Å². The SMILES string of the molecule is CC[C@@H](C)NC(=O)[C@H](Cc1ccccc1)N(Cc1ccccc1)C(=O)CN(c1cccc(C)c1)S(=O)(=O)c1ccc(Cl)cc1. The van der Waals surface area contributed by atoms with E-state index in [1.165, 1.54) is 29.2 Å². The molecule has 2 amide bonds. The van der Waals surface area contributed by atoms with Crippen molar-refractivity contribution in [3.05, 3.63) is 131 Å². The Morgan fingerprint density at radius 2 is 1.45 bits per heavy atom. The highest BCUT2D eigenvalue weighted by atomic mass is 35.5. The summed E-state index contributed by atoms with van der Waals surface area (Å²) >= 11 is 6.05. The van der Waals surface area contributed by atoms with Gasteiger partial charge in [-0.3, -0.25) is 13.9 Å². The molecule has 0 radical (unpaired) electrons. The van der Waals surface area contributed by atoms with Gasteiger partial charge >= 0.3 is 0 Å². The fourth-order valence-electron chi connectivity index (χ4n) is 4.82. The Morgan fingerprint density at radius 1 is 0.841 bits per heavy atom. The lowest BCUT2D eigenvalue weighted by atomic mass is 10.0. The molecule has 0 saturated carbocycles. The van der Waals surface area contributed by atoms with Crippen LogP contribution in [-0.4, -0.2) is 43.8 Å². The quantitative estimate of drug-likeness (QED) is 0.185. The second kappa shape index (κ2) is 15.0. The number of carbonyl (C=O) groups is 2. The first kappa shape index (κ1) is 32.8. The zero-order chi connectivity index (χ0) is 31.7. The van der Waals surface area contributed by atoms with E-state index in [0.717, 1.165) is 27.4 Å². The molecule has 9 heteroatoms. The summed E-state index contributed by atoms with van der Waals surface area (Å²) in [7, 11) is -4.19. The molecule has 0 aliphatic rings. The van der Waals surface area contributed by atoms with Gasteiger partial charge in [0.2, 0.25) is 11.8 Å². The van der Waals surface area contributed by atoms with Gasteiger partial charge in [-0.2, -0.15) is 0 Å². The molecule has 4 rings (SSSR count). The maximum atomic E-state index is 14.5. The van der Waals surface area contributed by atoms with Gasteiger partial charge in [0.15, 0.2) is 0 Å². The first-order valence-electron chi connectivity index (χ1n) is 14.6. The van der Waals surface area contributed by atoms with Gasteiger partial charge in [0.1, 0.15) is 12.6 Å². The number of anilines is 1. The Balaban J connectivity index is 1.79. The minimum atomic E-state index is -4.19. The van der Waals surface area contributed by atoms with E-state index in [1.807, 2.05) is 87.5 Å². The second-order valence-corrected chi connectivity index (χ2v) is 13.1. The van der Waals surface area contributed by atoms with Crippen LogP contribution in [0.3, 0.4) is 0 Å². The van der Waals surface area contributed by atoms with E-state index in [0.29, 0.717) is 10.7 Å². The number of amides is 2. The number of benzene rings is 4. The number of hydrogen-bond acceptors (Lipinski definition) is 4. The van der Waals surface area contributed by atoms with Crippen LogP contribution >= 0.6 is 11.6 Å². The molecule has 0 spiro atoms. The van der Waals surface area contributed by atoms with Crippen molar-refractivity contribution < 1.29 is 18.0 Å². The van der Waals surface area contributed by atoms with Crippen LogP contribution in [-0.2, 0) is 32.6 Å².